The molecule has 0 bridgehead atoms. The van der Waals surface area contributed by atoms with Crippen LogP contribution in [0.2, 0.25) is 0 Å². The molecule has 1 fully saturated rings. The number of rotatable bonds is 13. The van der Waals surface area contributed by atoms with E-state index in [2.05, 4.69) is 20.8 Å². The fraction of sp³-hybridized carbons (Fsp3) is 0.621. The number of nitrogens with two attached hydrogens (primary N) is 1. The number of aromatic amines is 1. The van der Waals surface area contributed by atoms with Crippen LogP contribution in [0.4, 0.5) is 0 Å². The standard InChI is InChI=1S/C29H43N5O9/c1-14-8-16(41-7-5-6-32-29(3,4)11-22(37)31-12-21(30)36)9-18-15(2)23-19(10-17(14)18)27(34-33-23)43-28-26(40)25(39)24(38)20(13-35)42-28/h8-9,15,20,24-26,28,32,35,38-40H,5-7,10-13H2,1-4H3,(H2,30,36)(H,31,37)(H,33,34)/t15?,20?,24-,25?,26-,28+/m1/s1. The van der Waals surface area contributed by atoms with E-state index in [4.69, 9.17) is 19.9 Å². The third-order valence-electron chi connectivity index (χ3n) is 7.93. The average molecular weight is 606 g/mol. The lowest BCUT2D eigenvalue weighted by Gasteiger charge is -2.39. The molecule has 1 aliphatic heterocycles. The van der Waals surface area contributed by atoms with Crippen molar-refractivity contribution in [1.29, 1.82) is 0 Å². The monoisotopic (exact) mass is 605 g/mol. The molecule has 2 aromatic rings. The second-order valence-electron chi connectivity index (χ2n) is 11.9. The van der Waals surface area contributed by atoms with Crippen LogP contribution in [0, 0.1) is 6.92 Å². The number of aliphatic hydroxyl groups is 4. The number of fused-ring (bicyclic) bond motifs is 2. The van der Waals surface area contributed by atoms with Gasteiger partial charge in [-0.15, -0.1) is 5.10 Å². The van der Waals surface area contributed by atoms with Crippen LogP contribution < -0.4 is 25.8 Å². The normalized spacial score (nSPS) is 25.0. The van der Waals surface area contributed by atoms with E-state index in [0.29, 0.717) is 26.0 Å². The summed E-state index contributed by atoms with van der Waals surface area (Å²) in [6.45, 7) is 8.24. The highest BCUT2D eigenvalue weighted by molar-refractivity contribution is 5.84. The Morgan fingerprint density at radius 3 is 2.63 bits per heavy atom. The van der Waals surface area contributed by atoms with Crippen molar-refractivity contribution in [2.24, 2.45) is 5.73 Å². The minimum atomic E-state index is -1.55. The van der Waals surface area contributed by atoms with Crippen molar-refractivity contribution in [3.05, 3.63) is 40.1 Å². The van der Waals surface area contributed by atoms with Crippen LogP contribution in [0.1, 0.15) is 67.5 Å². The lowest BCUT2D eigenvalue weighted by atomic mass is 9.81. The molecule has 4 rings (SSSR count). The molecule has 14 nitrogen and oxygen atoms in total. The van der Waals surface area contributed by atoms with Gasteiger partial charge in [0.25, 0.3) is 0 Å². The van der Waals surface area contributed by atoms with Crippen molar-refractivity contribution in [1.82, 2.24) is 20.8 Å². The Bertz CT molecular complexity index is 1300. The van der Waals surface area contributed by atoms with Gasteiger partial charge in [-0.2, -0.15) is 0 Å². The molecule has 2 heterocycles. The second-order valence-corrected chi connectivity index (χ2v) is 11.9. The Kier molecular flexibility index (Phi) is 10.3. The van der Waals surface area contributed by atoms with Crippen molar-refractivity contribution in [3.8, 4) is 11.6 Å². The highest BCUT2D eigenvalue weighted by atomic mass is 16.7. The van der Waals surface area contributed by atoms with Gasteiger partial charge < -0.3 is 51.0 Å². The summed E-state index contributed by atoms with van der Waals surface area (Å²) in [6, 6.07) is 4.00. The van der Waals surface area contributed by atoms with Gasteiger partial charge in [-0.25, -0.2) is 0 Å². The minimum absolute atomic E-state index is 0.0659. The summed E-state index contributed by atoms with van der Waals surface area (Å²) < 4.78 is 17.4. The number of hydrogen-bond donors (Lipinski definition) is 8. The Balaban J connectivity index is 1.34. The molecule has 6 atom stereocenters. The van der Waals surface area contributed by atoms with Gasteiger partial charge in [0.05, 0.1) is 19.8 Å². The number of hydrogen-bond acceptors (Lipinski definition) is 11. The fourth-order valence-electron chi connectivity index (χ4n) is 5.52. The van der Waals surface area contributed by atoms with E-state index < -0.39 is 48.8 Å². The summed E-state index contributed by atoms with van der Waals surface area (Å²) in [6.07, 6.45) is -5.54. The lowest BCUT2D eigenvalue weighted by molar-refractivity contribution is -0.278. The zero-order chi connectivity index (χ0) is 31.5. The third-order valence-corrected chi connectivity index (χ3v) is 7.93. The van der Waals surface area contributed by atoms with Gasteiger partial charge >= 0.3 is 0 Å². The number of aliphatic hydroxyl groups excluding tert-OH is 4. The Labute approximate surface area is 249 Å². The van der Waals surface area contributed by atoms with Gasteiger partial charge in [0.1, 0.15) is 30.2 Å². The van der Waals surface area contributed by atoms with Crippen molar-refractivity contribution >= 4 is 11.8 Å². The van der Waals surface area contributed by atoms with Crippen LogP contribution >= 0.6 is 0 Å². The smallest absolute Gasteiger partial charge is 0.238 e. The number of primary amides is 1. The molecule has 14 heteroatoms. The zero-order valence-corrected chi connectivity index (χ0v) is 24.9. The van der Waals surface area contributed by atoms with Gasteiger partial charge in [0, 0.05) is 35.6 Å². The fourth-order valence-corrected chi connectivity index (χ4v) is 5.52. The molecule has 43 heavy (non-hydrogen) atoms. The quantitative estimate of drug-likeness (QED) is 0.130. The van der Waals surface area contributed by atoms with Crippen LogP contribution in [0.25, 0.3) is 0 Å². The van der Waals surface area contributed by atoms with E-state index >= 15 is 0 Å². The van der Waals surface area contributed by atoms with Crippen LogP contribution in [-0.4, -0.2) is 105 Å². The summed E-state index contributed by atoms with van der Waals surface area (Å²) in [5.74, 6) is 0.0629. The summed E-state index contributed by atoms with van der Waals surface area (Å²) in [7, 11) is 0. The maximum atomic E-state index is 12.0. The first-order valence-electron chi connectivity index (χ1n) is 14.4. The predicted molar refractivity (Wildman–Crippen MR) is 153 cm³/mol. The minimum Gasteiger partial charge on any atom is -0.494 e. The van der Waals surface area contributed by atoms with Crippen molar-refractivity contribution in [2.45, 2.75) is 89.1 Å². The molecule has 1 aromatic carbocycles. The molecule has 1 aromatic heterocycles. The third kappa shape index (κ3) is 7.63. The maximum absolute atomic E-state index is 12.0. The molecule has 9 N–H and O–H groups in total. The van der Waals surface area contributed by atoms with Gasteiger partial charge in [-0.3, -0.25) is 14.7 Å². The Morgan fingerprint density at radius 1 is 1.19 bits per heavy atom. The topological polar surface area (TPSA) is 222 Å². The average Bonchev–Trinajstić information content (AvgIpc) is 3.35. The van der Waals surface area contributed by atoms with Gasteiger partial charge in [-0.1, -0.05) is 6.92 Å². The molecular weight excluding hydrogens is 562 g/mol. The molecule has 238 valence electrons. The highest BCUT2D eigenvalue weighted by Crippen LogP contribution is 2.42. The van der Waals surface area contributed by atoms with E-state index in [-0.39, 0.29) is 30.7 Å². The number of aryl methyl sites for hydroxylation is 1. The van der Waals surface area contributed by atoms with Crippen molar-refractivity contribution in [3.63, 3.8) is 0 Å². The number of benzene rings is 1. The summed E-state index contributed by atoms with van der Waals surface area (Å²) >= 11 is 0. The number of carbonyl (C=O) groups is 2. The molecule has 0 saturated carbocycles. The number of H-pyrrole nitrogens is 1. The second kappa shape index (κ2) is 13.6. The zero-order valence-electron chi connectivity index (χ0n) is 24.9. The number of aromatic nitrogens is 2. The molecule has 1 saturated heterocycles. The molecule has 2 amide bonds. The van der Waals surface area contributed by atoms with Gasteiger partial charge in [0.15, 0.2) is 0 Å². The number of nitrogens with one attached hydrogen (secondary N) is 3. The van der Waals surface area contributed by atoms with E-state index in [1.54, 1.807) is 0 Å². The van der Waals surface area contributed by atoms with Crippen LogP contribution in [0.15, 0.2) is 12.1 Å². The molecule has 3 unspecified atom stereocenters. The van der Waals surface area contributed by atoms with Crippen molar-refractivity contribution in [2.75, 3.05) is 26.3 Å². The highest BCUT2D eigenvalue weighted by Gasteiger charge is 2.45. The predicted octanol–water partition coefficient (Wildman–Crippen LogP) is -0.918. The first kappa shape index (κ1) is 32.6. The molecule has 0 radical (unpaired) electrons. The van der Waals surface area contributed by atoms with Gasteiger partial charge in [0.2, 0.25) is 24.0 Å². The Morgan fingerprint density at radius 2 is 1.93 bits per heavy atom. The molecule has 0 spiro atoms. The summed E-state index contributed by atoms with van der Waals surface area (Å²) in [5, 5.41) is 53.2. The van der Waals surface area contributed by atoms with Crippen LogP contribution in [-0.2, 0) is 20.7 Å². The largest absolute Gasteiger partial charge is 0.494 e. The van der Waals surface area contributed by atoms with Crippen LogP contribution in [0.5, 0.6) is 11.6 Å². The first-order chi connectivity index (χ1) is 20.3. The van der Waals surface area contributed by atoms with Gasteiger partial charge in [-0.05, 0) is 62.6 Å². The van der Waals surface area contributed by atoms with E-state index in [1.165, 1.54) is 0 Å². The first-order valence-corrected chi connectivity index (χ1v) is 14.4. The number of ether oxygens (including phenoxy) is 3. The maximum Gasteiger partial charge on any atom is 0.238 e. The van der Waals surface area contributed by atoms with Crippen molar-refractivity contribution < 1.29 is 44.2 Å². The molecule has 2 aliphatic rings. The number of nitrogens with zero attached hydrogens (tertiary/aromatic N) is 1. The Hall–Kier alpha value is -3.27. The number of carbonyl (C=O) groups excluding carboxylic acids is 2. The SMILES string of the molecule is Cc1cc(OCCCNC(C)(C)CC(=O)NCC(N)=O)cc2c1Cc1c(O[C@@H]3OC(CO)[C@@H](O)C(O)[C@H]3O)n[nH]c1C2C. The number of amides is 2. The molecular formula is C29H43N5O9. The van der Waals surface area contributed by atoms with E-state index in [1.807, 2.05) is 39.8 Å². The van der Waals surface area contributed by atoms with E-state index in [0.717, 1.165) is 33.7 Å². The van der Waals surface area contributed by atoms with E-state index in [9.17, 15) is 30.0 Å². The summed E-state index contributed by atoms with van der Waals surface area (Å²) in [5.41, 5.74) is 9.47. The summed E-state index contributed by atoms with van der Waals surface area (Å²) in [4.78, 5) is 22.9. The molecule has 1 aliphatic carbocycles. The van der Waals surface area contributed by atoms with Crippen LogP contribution in [0.3, 0.4) is 0 Å². The lowest BCUT2D eigenvalue weighted by Crippen LogP contribution is -2.60.